The Morgan fingerprint density at radius 1 is 1.31 bits per heavy atom. The highest BCUT2D eigenvalue weighted by molar-refractivity contribution is 4.91. The molecule has 2 atom stereocenters. The topological polar surface area (TPSA) is 15.3 Å². The third kappa shape index (κ3) is 2.44. The van der Waals surface area contributed by atoms with Crippen LogP contribution >= 0.6 is 0 Å². The second-order valence-corrected chi connectivity index (χ2v) is 5.18. The minimum absolute atomic E-state index is 0.296. The van der Waals surface area contributed by atoms with Crippen molar-refractivity contribution in [3.05, 3.63) is 0 Å². The predicted octanol–water partition coefficient (Wildman–Crippen LogP) is 1.71. The minimum Gasteiger partial charge on any atom is -0.315 e. The van der Waals surface area contributed by atoms with Gasteiger partial charge in [-0.1, -0.05) is 13.3 Å². The van der Waals surface area contributed by atoms with Gasteiger partial charge < -0.3 is 5.32 Å². The molecule has 0 aromatic heterocycles. The molecule has 0 bridgehead atoms. The molecule has 0 aliphatic carbocycles. The second kappa shape index (κ2) is 3.97. The summed E-state index contributed by atoms with van der Waals surface area (Å²) in [5, 5.41) is 3.48. The fraction of sp³-hybridized carbons (Fsp3) is 1.00. The van der Waals surface area contributed by atoms with E-state index < -0.39 is 0 Å². The van der Waals surface area contributed by atoms with Crippen molar-refractivity contribution < 1.29 is 0 Å². The van der Waals surface area contributed by atoms with E-state index in [1.165, 1.54) is 13.0 Å². The van der Waals surface area contributed by atoms with Gasteiger partial charge in [0.25, 0.3) is 0 Å². The van der Waals surface area contributed by atoms with Crippen molar-refractivity contribution in [1.29, 1.82) is 0 Å². The summed E-state index contributed by atoms with van der Waals surface area (Å²) >= 11 is 0. The van der Waals surface area contributed by atoms with Crippen LogP contribution in [0.2, 0.25) is 0 Å². The SMILES string of the molecule is CCC1CNCC1N(C)C(C)(C)C. The van der Waals surface area contributed by atoms with Crippen LogP contribution < -0.4 is 5.32 Å². The highest BCUT2D eigenvalue weighted by Gasteiger charge is 2.33. The Kier molecular flexibility index (Phi) is 3.36. The first-order chi connectivity index (χ1) is 5.96. The standard InChI is InChI=1S/C11H24N2/c1-6-9-7-12-8-10(9)13(5)11(2,3)4/h9-10,12H,6-8H2,1-5H3. The summed E-state index contributed by atoms with van der Waals surface area (Å²) in [6.07, 6.45) is 1.29. The van der Waals surface area contributed by atoms with E-state index in [-0.39, 0.29) is 0 Å². The molecule has 0 radical (unpaired) electrons. The van der Waals surface area contributed by atoms with Crippen molar-refractivity contribution in [3.8, 4) is 0 Å². The number of hydrogen-bond acceptors (Lipinski definition) is 2. The molecule has 78 valence electrons. The average molecular weight is 184 g/mol. The van der Waals surface area contributed by atoms with E-state index in [0.717, 1.165) is 18.5 Å². The van der Waals surface area contributed by atoms with Gasteiger partial charge in [-0.15, -0.1) is 0 Å². The molecule has 13 heavy (non-hydrogen) atoms. The van der Waals surface area contributed by atoms with Crippen LogP contribution in [0.15, 0.2) is 0 Å². The maximum absolute atomic E-state index is 3.48. The van der Waals surface area contributed by atoms with Crippen LogP contribution in [-0.2, 0) is 0 Å². The molecule has 1 rings (SSSR count). The molecule has 2 nitrogen and oxygen atoms in total. The minimum atomic E-state index is 0.296. The average Bonchev–Trinajstić information content (AvgIpc) is 2.48. The Morgan fingerprint density at radius 2 is 1.92 bits per heavy atom. The van der Waals surface area contributed by atoms with Gasteiger partial charge in [0.15, 0.2) is 0 Å². The van der Waals surface area contributed by atoms with Gasteiger partial charge in [-0.05, 0) is 40.3 Å². The van der Waals surface area contributed by atoms with Gasteiger partial charge in [0.2, 0.25) is 0 Å². The normalized spacial score (nSPS) is 30.0. The first-order valence-electron chi connectivity index (χ1n) is 5.40. The van der Waals surface area contributed by atoms with Gasteiger partial charge in [0.05, 0.1) is 0 Å². The monoisotopic (exact) mass is 184 g/mol. The lowest BCUT2D eigenvalue weighted by Crippen LogP contribution is -2.48. The van der Waals surface area contributed by atoms with E-state index in [9.17, 15) is 0 Å². The van der Waals surface area contributed by atoms with Gasteiger partial charge >= 0.3 is 0 Å². The fourth-order valence-corrected chi connectivity index (χ4v) is 2.09. The Balaban J connectivity index is 2.60. The van der Waals surface area contributed by atoms with Gasteiger partial charge in [-0.3, -0.25) is 4.90 Å². The summed E-state index contributed by atoms with van der Waals surface area (Å²) in [6.45, 7) is 11.5. The summed E-state index contributed by atoms with van der Waals surface area (Å²) in [5.74, 6) is 0.837. The lowest BCUT2D eigenvalue weighted by Gasteiger charge is -2.39. The Morgan fingerprint density at radius 3 is 2.38 bits per heavy atom. The van der Waals surface area contributed by atoms with Crippen LogP contribution in [0.5, 0.6) is 0 Å². The van der Waals surface area contributed by atoms with Gasteiger partial charge in [-0.2, -0.15) is 0 Å². The van der Waals surface area contributed by atoms with Gasteiger partial charge in [0, 0.05) is 18.1 Å². The third-order valence-electron chi connectivity index (χ3n) is 3.38. The van der Waals surface area contributed by atoms with E-state index >= 15 is 0 Å². The highest BCUT2D eigenvalue weighted by atomic mass is 15.2. The molecule has 1 fully saturated rings. The summed E-state index contributed by atoms with van der Waals surface area (Å²) in [6, 6.07) is 0.727. The second-order valence-electron chi connectivity index (χ2n) is 5.18. The molecule has 1 aliphatic rings. The molecule has 2 unspecified atom stereocenters. The molecule has 1 heterocycles. The predicted molar refractivity (Wildman–Crippen MR) is 58.0 cm³/mol. The van der Waals surface area contributed by atoms with E-state index in [2.05, 4.69) is 45.0 Å². The molecular formula is C11H24N2. The lowest BCUT2D eigenvalue weighted by molar-refractivity contribution is 0.0997. The van der Waals surface area contributed by atoms with Crippen molar-refractivity contribution >= 4 is 0 Å². The molecule has 1 N–H and O–H groups in total. The molecule has 0 spiro atoms. The zero-order valence-corrected chi connectivity index (χ0v) is 9.72. The molecule has 1 saturated heterocycles. The van der Waals surface area contributed by atoms with Crippen LogP contribution in [0.25, 0.3) is 0 Å². The van der Waals surface area contributed by atoms with Crippen molar-refractivity contribution in [2.75, 3.05) is 20.1 Å². The fourth-order valence-electron chi connectivity index (χ4n) is 2.09. The smallest absolute Gasteiger partial charge is 0.0262 e. The van der Waals surface area contributed by atoms with Crippen LogP contribution in [0.1, 0.15) is 34.1 Å². The van der Waals surface area contributed by atoms with Crippen LogP contribution in [0.4, 0.5) is 0 Å². The van der Waals surface area contributed by atoms with Crippen molar-refractivity contribution in [2.24, 2.45) is 5.92 Å². The Bertz CT molecular complexity index is 160. The van der Waals surface area contributed by atoms with E-state index in [4.69, 9.17) is 0 Å². The molecule has 1 aliphatic heterocycles. The van der Waals surface area contributed by atoms with Gasteiger partial charge in [-0.25, -0.2) is 0 Å². The summed E-state index contributed by atoms with van der Waals surface area (Å²) in [4.78, 5) is 2.52. The van der Waals surface area contributed by atoms with Crippen LogP contribution in [0, 0.1) is 5.92 Å². The van der Waals surface area contributed by atoms with E-state index in [0.29, 0.717) is 5.54 Å². The first-order valence-corrected chi connectivity index (χ1v) is 5.40. The maximum Gasteiger partial charge on any atom is 0.0262 e. The zero-order valence-electron chi connectivity index (χ0n) is 9.72. The number of nitrogens with zero attached hydrogens (tertiary/aromatic N) is 1. The Hall–Kier alpha value is -0.0800. The molecule has 0 aromatic rings. The summed E-state index contributed by atoms with van der Waals surface area (Å²) in [7, 11) is 2.25. The molecule has 0 amide bonds. The number of likely N-dealkylation sites (N-methyl/N-ethyl adjacent to an activating group) is 1. The van der Waals surface area contributed by atoms with E-state index in [1.807, 2.05) is 0 Å². The maximum atomic E-state index is 3.48. The molecular weight excluding hydrogens is 160 g/mol. The largest absolute Gasteiger partial charge is 0.315 e. The molecule has 2 heteroatoms. The number of rotatable bonds is 2. The van der Waals surface area contributed by atoms with E-state index in [1.54, 1.807) is 0 Å². The molecule has 0 aromatic carbocycles. The zero-order chi connectivity index (χ0) is 10.1. The molecule has 0 saturated carbocycles. The number of hydrogen-bond donors (Lipinski definition) is 1. The number of nitrogens with one attached hydrogen (secondary N) is 1. The Labute approximate surface area is 82.7 Å². The first kappa shape index (κ1) is 11.0. The summed E-state index contributed by atoms with van der Waals surface area (Å²) < 4.78 is 0. The van der Waals surface area contributed by atoms with Gasteiger partial charge in [0.1, 0.15) is 0 Å². The van der Waals surface area contributed by atoms with Crippen LogP contribution in [0.3, 0.4) is 0 Å². The van der Waals surface area contributed by atoms with Crippen molar-refractivity contribution in [3.63, 3.8) is 0 Å². The van der Waals surface area contributed by atoms with Crippen molar-refractivity contribution in [2.45, 2.75) is 45.7 Å². The van der Waals surface area contributed by atoms with Crippen molar-refractivity contribution in [1.82, 2.24) is 10.2 Å². The highest BCUT2D eigenvalue weighted by Crippen LogP contribution is 2.23. The lowest BCUT2D eigenvalue weighted by atomic mass is 9.95. The van der Waals surface area contributed by atoms with Crippen LogP contribution in [-0.4, -0.2) is 36.6 Å². The third-order valence-corrected chi connectivity index (χ3v) is 3.38. The quantitative estimate of drug-likeness (QED) is 0.703. The summed E-state index contributed by atoms with van der Waals surface area (Å²) in [5.41, 5.74) is 0.296.